The molecule has 2 N–H and O–H groups in total. The average molecular weight is 426 g/mol. The molecule has 0 bridgehead atoms. The highest BCUT2D eigenvalue weighted by atomic mass is 32.1. The van der Waals surface area contributed by atoms with Crippen LogP contribution in [0.25, 0.3) is 10.2 Å². The fourth-order valence-electron chi connectivity index (χ4n) is 3.68. The quantitative estimate of drug-likeness (QED) is 0.445. The molecule has 0 saturated carbocycles. The summed E-state index contributed by atoms with van der Waals surface area (Å²) >= 11 is 1.53. The Labute approximate surface area is 180 Å². The third-order valence-corrected chi connectivity index (χ3v) is 6.40. The second-order valence-electron chi connectivity index (χ2n) is 7.66. The molecule has 8 heteroatoms. The zero-order valence-electron chi connectivity index (χ0n) is 17.5. The number of aromatic nitrogens is 2. The summed E-state index contributed by atoms with van der Waals surface area (Å²) < 4.78 is 9.11. The maximum absolute atomic E-state index is 12.4. The smallest absolute Gasteiger partial charge is 0.262 e. The Morgan fingerprint density at radius 3 is 3.03 bits per heavy atom. The fourth-order valence-corrected chi connectivity index (χ4v) is 4.63. The van der Waals surface area contributed by atoms with Gasteiger partial charge in [0.2, 0.25) is 0 Å². The van der Waals surface area contributed by atoms with E-state index in [0.29, 0.717) is 0 Å². The number of amides is 1. The Kier molecular flexibility index (Phi) is 6.15. The minimum atomic E-state index is -0.449. The van der Waals surface area contributed by atoms with Crippen molar-refractivity contribution in [2.24, 2.45) is 5.10 Å². The van der Waals surface area contributed by atoms with Crippen molar-refractivity contribution in [3.05, 3.63) is 47.3 Å². The van der Waals surface area contributed by atoms with Crippen molar-refractivity contribution >= 4 is 38.8 Å². The minimum Gasteiger partial charge on any atom is -0.376 e. The number of thiazole rings is 1. The van der Waals surface area contributed by atoms with Gasteiger partial charge in [0.05, 0.1) is 22.5 Å². The lowest BCUT2D eigenvalue weighted by atomic mass is 10.2. The molecule has 3 heterocycles. The van der Waals surface area contributed by atoms with E-state index in [1.807, 2.05) is 24.3 Å². The summed E-state index contributed by atoms with van der Waals surface area (Å²) in [5.41, 5.74) is 6.84. The number of rotatable bonds is 7. The minimum absolute atomic E-state index is 0.210. The van der Waals surface area contributed by atoms with Crippen LogP contribution < -0.4 is 10.7 Å². The molecule has 2 aromatic heterocycles. The fraction of sp³-hybridized carbons (Fsp3) is 0.409. The number of anilines is 1. The molecule has 0 radical (unpaired) electrons. The molecule has 1 aliphatic rings. The van der Waals surface area contributed by atoms with Crippen LogP contribution in [0.15, 0.2) is 35.4 Å². The van der Waals surface area contributed by atoms with Gasteiger partial charge in [-0.25, -0.2) is 10.4 Å². The molecule has 0 unspecified atom stereocenters. The normalized spacial score (nSPS) is 17.6. The van der Waals surface area contributed by atoms with Crippen LogP contribution in [0.5, 0.6) is 0 Å². The van der Waals surface area contributed by atoms with E-state index >= 15 is 0 Å². The van der Waals surface area contributed by atoms with E-state index < -0.39 is 6.04 Å². The molecular weight excluding hydrogens is 398 g/mol. The molecule has 1 aliphatic heterocycles. The zero-order chi connectivity index (χ0) is 21.1. The first kappa shape index (κ1) is 20.6. The molecule has 1 saturated heterocycles. The van der Waals surface area contributed by atoms with Gasteiger partial charge in [-0.1, -0.05) is 23.5 Å². The molecule has 30 heavy (non-hydrogen) atoms. The van der Waals surface area contributed by atoms with E-state index in [1.54, 1.807) is 13.1 Å². The number of nitrogens with zero attached hydrogens (tertiary/aromatic N) is 3. The summed E-state index contributed by atoms with van der Waals surface area (Å²) in [6.07, 6.45) is 4.23. The maximum Gasteiger partial charge on any atom is 0.262 e. The van der Waals surface area contributed by atoms with Gasteiger partial charge >= 0.3 is 0 Å². The van der Waals surface area contributed by atoms with Gasteiger partial charge in [0.1, 0.15) is 6.04 Å². The Morgan fingerprint density at radius 2 is 2.27 bits per heavy atom. The number of hydrogen-bond acceptors (Lipinski definition) is 6. The average Bonchev–Trinajstić information content (AvgIpc) is 3.44. The SMILES string of the molecule is Cc1cc(/C=N\NC(=O)[C@@H](C)Nc2nc3ccccc3s2)c(C)n1C[C@H]1CCCO1. The van der Waals surface area contributed by atoms with E-state index in [9.17, 15) is 4.79 Å². The number of fused-ring (bicyclic) bond motifs is 1. The van der Waals surface area contributed by atoms with Gasteiger partial charge in [-0.3, -0.25) is 4.79 Å². The molecular formula is C22H27N5O2S. The van der Waals surface area contributed by atoms with Crippen molar-refractivity contribution < 1.29 is 9.53 Å². The predicted octanol–water partition coefficient (Wildman–Crippen LogP) is 3.84. The monoisotopic (exact) mass is 425 g/mol. The van der Waals surface area contributed by atoms with Gasteiger partial charge in [-0.15, -0.1) is 0 Å². The number of carbonyl (C=O) groups is 1. The largest absolute Gasteiger partial charge is 0.376 e. The molecule has 2 atom stereocenters. The van der Waals surface area contributed by atoms with E-state index in [2.05, 4.69) is 45.3 Å². The molecule has 0 spiro atoms. The second kappa shape index (κ2) is 8.97. The van der Waals surface area contributed by atoms with Crippen LogP contribution in [0.2, 0.25) is 0 Å². The highest BCUT2D eigenvalue weighted by molar-refractivity contribution is 7.22. The lowest BCUT2D eigenvalue weighted by molar-refractivity contribution is -0.121. The molecule has 1 aromatic carbocycles. The first-order valence-corrected chi connectivity index (χ1v) is 11.1. The molecule has 0 aliphatic carbocycles. The number of carbonyl (C=O) groups excluding carboxylic acids is 1. The van der Waals surface area contributed by atoms with Crippen LogP contribution in [0, 0.1) is 13.8 Å². The van der Waals surface area contributed by atoms with E-state index in [-0.39, 0.29) is 12.0 Å². The van der Waals surface area contributed by atoms with Crippen LogP contribution in [-0.2, 0) is 16.1 Å². The summed E-state index contributed by atoms with van der Waals surface area (Å²) in [4.78, 5) is 16.9. The molecule has 1 amide bonds. The molecule has 3 aromatic rings. The van der Waals surface area contributed by atoms with Crippen LogP contribution in [0.3, 0.4) is 0 Å². The van der Waals surface area contributed by atoms with Crippen LogP contribution in [-0.4, -0.2) is 40.4 Å². The molecule has 4 rings (SSSR count). The lowest BCUT2D eigenvalue weighted by Crippen LogP contribution is -2.34. The second-order valence-corrected chi connectivity index (χ2v) is 8.69. The van der Waals surface area contributed by atoms with Gasteiger partial charge in [0, 0.05) is 30.1 Å². The molecule has 1 fully saturated rings. The van der Waals surface area contributed by atoms with Crippen molar-refractivity contribution in [2.45, 2.75) is 52.3 Å². The first-order chi connectivity index (χ1) is 14.5. The summed E-state index contributed by atoms with van der Waals surface area (Å²) in [6, 6.07) is 9.54. The van der Waals surface area contributed by atoms with Crippen molar-refractivity contribution in [3.8, 4) is 0 Å². The molecule has 7 nitrogen and oxygen atoms in total. The Balaban J connectivity index is 1.34. The summed E-state index contributed by atoms with van der Waals surface area (Å²) in [7, 11) is 0. The van der Waals surface area contributed by atoms with E-state index in [4.69, 9.17) is 4.74 Å². The summed E-state index contributed by atoms with van der Waals surface area (Å²) in [5, 5.41) is 8.04. The number of benzene rings is 1. The lowest BCUT2D eigenvalue weighted by Gasteiger charge is -2.14. The van der Waals surface area contributed by atoms with E-state index in [0.717, 1.165) is 52.6 Å². The Morgan fingerprint density at radius 1 is 1.43 bits per heavy atom. The van der Waals surface area contributed by atoms with Crippen LogP contribution in [0.4, 0.5) is 5.13 Å². The van der Waals surface area contributed by atoms with Gasteiger partial charge in [0.25, 0.3) is 5.91 Å². The summed E-state index contributed by atoms with van der Waals surface area (Å²) in [5.74, 6) is -0.210. The maximum atomic E-state index is 12.4. The zero-order valence-corrected chi connectivity index (χ0v) is 18.3. The molecule has 158 valence electrons. The number of aryl methyl sites for hydroxylation is 1. The van der Waals surface area contributed by atoms with Crippen molar-refractivity contribution in [1.82, 2.24) is 15.0 Å². The van der Waals surface area contributed by atoms with Crippen LogP contribution >= 0.6 is 11.3 Å². The third-order valence-electron chi connectivity index (χ3n) is 5.43. The third kappa shape index (κ3) is 4.55. The van der Waals surface area contributed by atoms with Gasteiger partial charge < -0.3 is 14.6 Å². The number of para-hydroxylation sites is 1. The number of ether oxygens (including phenoxy) is 1. The standard InChI is InChI=1S/C22H27N5O2S/c1-14-11-17(16(3)27(14)13-18-7-6-10-29-18)12-23-26-21(28)15(2)24-22-25-19-8-4-5-9-20(19)30-22/h4-5,8-9,11-12,15,18H,6-7,10,13H2,1-3H3,(H,24,25)(H,26,28)/b23-12-/t15-,18-/m1/s1. The van der Waals surface area contributed by atoms with E-state index in [1.165, 1.54) is 17.0 Å². The number of hydrazone groups is 1. The van der Waals surface area contributed by atoms with Gasteiger partial charge in [0.15, 0.2) is 5.13 Å². The highest BCUT2D eigenvalue weighted by Crippen LogP contribution is 2.25. The van der Waals surface area contributed by atoms with Gasteiger partial charge in [-0.05, 0) is 51.8 Å². The van der Waals surface area contributed by atoms with Crippen molar-refractivity contribution in [1.29, 1.82) is 0 Å². The first-order valence-electron chi connectivity index (χ1n) is 10.2. The van der Waals surface area contributed by atoms with Crippen molar-refractivity contribution in [3.63, 3.8) is 0 Å². The topological polar surface area (TPSA) is 80.5 Å². The highest BCUT2D eigenvalue weighted by Gasteiger charge is 2.19. The Hall–Kier alpha value is -2.71. The number of nitrogens with one attached hydrogen (secondary N) is 2. The van der Waals surface area contributed by atoms with Gasteiger partial charge in [-0.2, -0.15) is 5.10 Å². The summed E-state index contributed by atoms with van der Waals surface area (Å²) in [6.45, 7) is 7.67. The predicted molar refractivity (Wildman–Crippen MR) is 121 cm³/mol. The Bertz CT molecular complexity index is 1030. The number of hydrogen-bond donors (Lipinski definition) is 2. The van der Waals surface area contributed by atoms with Crippen molar-refractivity contribution in [2.75, 3.05) is 11.9 Å². The van der Waals surface area contributed by atoms with Crippen LogP contribution in [0.1, 0.15) is 36.7 Å².